The van der Waals surface area contributed by atoms with Gasteiger partial charge in [0.05, 0.1) is 13.7 Å². The van der Waals surface area contributed by atoms with Gasteiger partial charge < -0.3 is 15.2 Å². The highest BCUT2D eigenvalue weighted by Crippen LogP contribution is 2.46. The van der Waals surface area contributed by atoms with Crippen molar-refractivity contribution in [2.75, 3.05) is 7.11 Å². The van der Waals surface area contributed by atoms with Crippen LogP contribution in [-0.4, -0.2) is 24.1 Å². The SMILES string of the molecule is COc1ccc(-c2ccc(CNC(=O)C3(C(=O)O)CC3)s2)cc1. The zero-order valence-electron chi connectivity index (χ0n) is 12.7. The van der Waals surface area contributed by atoms with Crippen molar-refractivity contribution < 1.29 is 19.4 Å². The van der Waals surface area contributed by atoms with Gasteiger partial charge in [0.1, 0.15) is 11.2 Å². The molecule has 2 aromatic rings. The highest BCUT2D eigenvalue weighted by molar-refractivity contribution is 7.15. The van der Waals surface area contributed by atoms with Crippen LogP contribution in [0.15, 0.2) is 36.4 Å². The Balaban J connectivity index is 1.63. The van der Waals surface area contributed by atoms with Crippen molar-refractivity contribution >= 4 is 23.2 Å². The Hall–Kier alpha value is -2.34. The van der Waals surface area contributed by atoms with Crippen molar-refractivity contribution in [3.05, 3.63) is 41.3 Å². The number of nitrogens with one attached hydrogen (secondary N) is 1. The summed E-state index contributed by atoms with van der Waals surface area (Å²) in [5.41, 5.74) is -0.103. The Morgan fingerprint density at radius 3 is 2.48 bits per heavy atom. The first-order valence-corrected chi connectivity index (χ1v) is 8.12. The lowest BCUT2D eigenvalue weighted by Gasteiger charge is -2.09. The lowest BCUT2D eigenvalue weighted by Crippen LogP contribution is -2.36. The van der Waals surface area contributed by atoms with E-state index in [9.17, 15) is 9.59 Å². The molecule has 2 N–H and O–H groups in total. The van der Waals surface area contributed by atoms with Crippen molar-refractivity contribution in [2.45, 2.75) is 19.4 Å². The average molecular weight is 331 g/mol. The number of benzene rings is 1. The van der Waals surface area contributed by atoms with Crippen LogP contribution in [0.2, 0.25) is 0 Å². The van der Waals surface area contributed by atoms with Gasteiger partial charge in [-0.15, -0.1) is 11.3 Å². The number of ether oxygens (including phenoxy) is 1. The van der Waals surface area contributed by atoms with Crippen LogP contribution in [0.25, 0.3) is 10.4 Å². The fourth-order valence-electron chi connectivity index (χ4n) is 2.38. The van der Waals surface area contributed by atoms with Gasteiger partial charge >= 0.3 is 5.97 Å². The molecule has 1 aromatic carbocycles. The number of hydrogen-bond acceptors (Lipinski definition) is 4. The van der Waals surface area contributed by atoms with Gasteiger partial charge in [-0.25, -0.2) is 0 Å². The molecule has 5 nitrogen and oxygen atoms in total. The van der Waals surface area contributed by atoms with E-state index in [1.165, 1.54) is 0 Å². The summed E-state index contributed by atoms with van der Waals surface area (Å²) in [6, 6.07) is 11.7. The Bertz CT molecular complexity index is 731. The van der Waals surface area contributed by atoms with Gasteiger partial charge in [-0.1, -0.05) is 0 Å². The first-order chi connectivity index (χ1) is 11.0. The highest BCUT2D eigenvalue weighted by Gasteiger charge is 2.56. The number of amides is 1. The summed E-state index contributed by atoms with van der Waals surface area (Å²) in [7, 11) is 1.63. The molecule has 0 bridgehead atoms. The molecule has 1 aromatic heterocycles. The predicted molar refractivity (Wildman–Crippen MR) is 87.5 cm³/mol. The van der Waals surface area contributed by atoms with E-state index in [0.29, 0.717) is 19.4 Å². The smallest absolute Gasteiger partial charge is 0.319 e. The molecule has 0 radical (unpaired) electrons. The summed E-state index contributed by atoms with van der Waals surface area (Å²) in [5, 5.41) is 11.8. The largest absolute Gasteiger partial charge is 0.497 e. The van der Waals surface area contributed by atoms with Crippen molar-refractivity contribution in [3.8, 4) is 16.2 Å². The van der Waals surface area contributed by atoms with E-state index in [-0.39, 0.29) is 5.91 Å². The molecule has 1 fully saturated rings. The fourth-order valence-corrected chi connectivity index (χ4v) is 3.34. The van der Waals surface area contributed by atoms with Crippen LogP contribution in [0.4, 0.5) is 0 Å². The molecule has 0 saturated heterocycles. The maximum atomic E-state index is 12.0. The van der Waals surface area contributed by atoms with Crippen LogP contribution >= 0.6 is 11.3 Å². The first kappa shape index (κ1) is 15.6. The van der Waals surface area contributed by atoms with Crippen molar-refractivity contribution in [1.29, 1.82) is 0 Å². The number of methoxy groups -OCH3 is 1. The van der Waals surface area contributed by atoms with E-state index in [1.54, 1.807) is 18.4 Å². The van der Waals surface area contributed by atoms with Crippen LogP contribution in [0.5, 0.6) is 5.75 Å². The summed E-state index contributed by atoms with van der Waals surface area (Å²) >= 11 is 1.58. The van der Waals surface area contributed by atoms with Gasteiger partial charge in [-0.2, -0.15) is 0 Å². The van der Waals surface area contributed by atoms with E-state index in [1.807, 2.05) is 36.4 Å². The maximum absolute atomic E-state index is 12.0. The van der Waals surface area contributed by atoms with Crippen LogP contribution < -0.4 is 10.1 Å². The standard InChI is InChI=1S/C17H17NO4S/c1-22-12-4-2-11(3-5-12)14-7-6-13(23-14)10-18-15(19)17(8-9-17)16(20)21/h2-7H,8-10H2,1H3,(H,18,19)(H,20,21). The highest BCUT2D eigenvalue weighted by atomic mass is 32.1. The van der Waals surface area contributed by atoms with Gasteiger partial charge in [-0.05, 0) is 54.8 Å². The number of carboxylic acids is 1. The van der Waals surface area contributed by atoms with Gasteiger partial charge in [0.25, 0.3) is 0 Å². The normalized spacial score (nSPS) is 15.0. The zero-order valence-corrected chi connectivity index (χ0v) is 13.5. The number of carboxylic acid groups (broad SMARTS) is 1. The second-order valence-corrected chi connectivity index (χ2v) is 6.73. The Morgan fingerprint density at radius 1 is 1.22 bits per heavy atom. The number of aliphatic carboxylic acids is 1. The number of thiophene rings is 1. The molecule has 0 atom stereocenters. The molecule has 1 aliphatic carbocycles. The minimum absolute atomic E-state index is 0.356. The fraction of sp³-hybridized carbons (Fsp3) is 0.294. The number of hydrogen-bond donors (Lipinski definition) is 2. The Kier molecular flexibility index (Phi) is 4.09. The van der Waals surface area contributed by atoms with Gasteiger partial charge in [0.2, 0.25) is 5.91 Å². The van der Waals surface area contributed by atoms with Crippen LogP contribution in [0.1, 0.15) is 17.7 Å². The zero-order chi connectivity index (χ0) is 16.4. The minimum Gasteiger partial charge on any atom is -0.497 e. The molecule has 23 heavy (non-hydrogen) atoms. The van der Waals surface area contributed by atoms with Crippen molar-refractivity contribution in [3.63, 3.8) is 0 Å². The topological polar surface area (TPSA) is 75.6 Å². The third kappa shape index (κ3) is 3.07. The summed E-state index contributed by atoms with van der Waals surface area (Å²) in [6.07, 6.45) is 0.853. The summed E-state index contributed by atoms with van der Waals surface area (Å²) < 4.78 is 5.14. The lowest BCUT2D eigenvalue weighted by molar-refractivity contribution is -0.149. The molecule has 120 valence electrons. The van der Waals surface area contributed by atoms with E-state index in [0.717, 1.165) is 21.1 Å². The third-order valence-electron chi connectivity index (χ3n) is 4.05. The van der Waals surface area contributed by atoms with Crippen molar-refractivity contribution in [2.24, 2.45) is 5.41 Å². The molecular formula is C17H17NO4S. The van der Waals surface area contributed by atoms with Crippen molar-refractivity contribution in [1.82, 2.24) is 5.32 Å². The predicted octanol–water partition coefficient (Wildman–Crippen LogP) is 2.90. The number of rotatable bonds is 6. The quantitative estimate of drug-likeness (QED) is 0.798. The molecule has 3 rings (SSSR count). The van der Waals surface area contributed by atoms with Gasteiger partial charge in [0.15, 0.2) is 0 Å². The van der Waals surface area contributed by atoms with Crippen LogP contribution in [0.3, 0.4) is 0 Å². The van der Waals surface area contributed by atoms with E-state index in [2.05, 4.69) is 5.32 Å². The second kappa shape index (κ2) is 6.04. The summed E-state index contributed by atoms with van der Waals surface area (Å²) in [6.45, 7) is 0.356. The first-order valence-electron chi connectivity index (χ1n) is 7.30. The number of carbonyl (C=O) groups excluding carboxylic acids is 1. The molecule has 1 aliphatic rings. The van der Waals surface area contributed by atoms with E-state index >= 15 is 0 Å². The summed E-state index contributed by atoms with van der Waals surface area (Å²) in [4.78, 5) is 25.2. The third-order valence-corrected chi connectivity index (χ3v) is 5.19. The van der Waals surface area contributed by atoms with Crippen LogP contribution in [0, 0.1) is 5.41 Å². The lowest BCUT2D eigenvalue weighted by atomic mass is 10.1. The van der Waals surface area contributed by atoms with Gasteiger partial charge in [-0.3, -0.25) is 9.59 Å². The number of carbonyl (C=O) groups is 2. The second-order valence-electron chi connectivity index (χ2n) is 5.56. The monoisotopic (exact) mass is 331 g/mol. The molecule has 0 unspecified atom stereocenters. The van der Waals surface area contributed by atoms with Gasteiger partial charge in [0, 0.05) is 9.75 Å². The maximum Gasteiger partial charge on any atom is 0.319 e. The molecule has 1 heterocycles. The molecular weight excluding hydrogens is 314 g/mol. The summed E-state index contributed by atoms with van der Waals surface area (Å²) in [5.74, 6) is -0.606. The molecule has 0 spiro atoms. The van der Waals surface area contributed by atoms with E-state index < -0.39 is 11.4 Å². The Labute approximate surface area is 137 Å². The van der Waals surface area contributed by atoms with Crippen LogP contribution in [-0.2, 0) is 16.1 Å². The van der Waals surface area contributed by atoms with E-state index in [4.69, 9.17) is 9.84 Å². The molecule has 6 heteroatoms. The molecule has 1 amide bonds. The molecule has 0 aliphatic heterocycles. The minimum atomic E-state index is -1.18. The molecule has 1 saturated carbocycles. The average Bonchev–Trinajstić information content (AvgIpc) is 3.26. The Morgan fingerprint density at radius 2 is 1.91 bits per heavy atom.